The molecule has 0 aliphatic carbocycles. The second-order valence-corrected chi connectivity index (χ2v) is 5.38. The Hall–Kier alpha value is -1.23. The summed E-state index contributed by atoms with van der Waals surface area (Å²) in [6.45, 7) is 0. The smallest absolute Gasteiger partial charge is 0.122 e. The maximum absolute atomic E-state index is 7.38. The van der Waals surface area contributed by atoms with E-state index in [0.29, 0.717) is 20.6 Å². The lowest BCUT2D eigenvalue weighted by atomic mass is 10.2. The molecule has 2 rings (SSSR count). The second-order valence-electron chi connectivity index (χ2n) is 3.47. The number of nitrogens with one attached hydrogen (secondary N) is 1. The Morgan fingerprint density at radius 1 is 1.22 bits per heavy atom. The van der Waals surface area contributed by atoms with Gasteiger partial charge in [0, 0.05) is 21.7 Å². The monoisotopic (exact) mass is 297 g/mol. The second kappa shape index (κ2) is 5.61. The molecule has 0 aliphatic rings. The summed E-state index contributed by atoms with van der Waals surface area (Å²) in [4.78, 5) is 5.01. The molecule has 1 aromatic heterocycles. The lowest BCUT2D eigenvalue weighted by molar-refractivity contribution is 1.12. The van der Waals surface area contributed by atoms with E-state index < -0.39 is 0 Å². The molecule has 0 saturated heterocycles. The molecular weight excluding hydrogens is 289 g/mol. The van der Waals surface area contributed by atoms with Crippen LogP contribution >= 0.6 is 35.0 Å². The van der Waals surface area contributed by atoms with Gasteiger partial charge in [-0.1, -0.05) is 35.0 Å². The van der Waals surface area contributed by atoms with E-state index in [0.717, 1.165) is 4.90 Å². The minimum Gasteiger partial charge on any atom is -0.384 e. The number of halogens is 2. The van der Waals surface area contributed by atoms with E-state index in [1.165, 1.54) is 11.8 Å². The number of rotatable bonds is 3. The number of benzene rings is 1. The fourth-order valence-corrected chi connectivity index (χ4v) is 2.65. The van der Waals surface area contributed by atoms with Crippen molar-refractivity contribution in [2.24, 2.45) is 5.73 Å². The molecule has 0 fully saturated rings. The number of pyridine rings is 1. The molecule has 2 aromatic rings. The summed E-state index contributed by atoms with van der Waals surface area (Å²) < 4.78 is 0. The van der Waals surface area contributed by atoms with Crippen LogP contribution in [0, 0.1) is 5.41 Å². The molecule has 0 aliphatic heterocycles. The van der Waals surface area contributed by atoms with Crippen LogP contribution in [0.15, 0.2) is 46.5 Å². The van der Waals surface area contributed by atoms with E-state index in [4.69, 9.17) is 34.3 Å². The van der Waals surface area contributed by atoms with Crippen molar-refractivity contribution in [2.45, 2.75) is 9.92 Å². The molecular formula is C12H9Cl2N3S. The van der Waals surface area contributed by atoms with Gasteiger partial charge in [-0.05, 0) is 30.3 Å². The Bertz CT molecular complexity index is 602. The molecule has 3 nitrogen and oxygen atoms in total. The van der Waals surface area contributed by atoms with Gasteiger partial charge in [0.1, 0.15) is 10.9 Å². The minimum atomic E-state index is 0.0106. The van der Waals surface area contributed by atoms with Gasteiger partial charge in [-0.25, -0.2) is 4.98 Å². The van der Waals surface area contributed by atoms with Crippen LogP contribution in [0.2, 0.25) is 10.0 Å². The van der Waals surface area contributed by atoms with Crippen molar-refractivity contribution < 1.29 is 0 Å². The van der Waals surface area contributed by atoms with Gasteiger partial charge in [0.05, 0.1) is 5.02 Å². The first-order chi connectivity index (χ1) is 8.56. The highest BCUT2D eigenvalue weighted by molar-refractivity contribution is 7.99. The van der Waals surface area contributed by atoms with Crippen LogP contribution in [0.5, 0.6) is 0 Å². The third-order valence-electron chi connectivity index (χ3n) is 2.15. The molecule has 3 N–H and O–H groups in total. The van der Waals surface area contributed by atoms with E-state index in [9.17, 15) is 0 Å². The van der Waals surface area contributed by atoms with E-state index in [1.54, 1.807) is 36.5 Å². The molecule has 18 heavy (non-hydrogen) atoms. The molecule has 0 radical (unpaired) electrons. The third-order valence-corrected chi connectivity index (χ3v) is 3.82. The molecule has 1 heterocycles. The predicted molar refractivity (Wildman–Crippen MR) is 75.8 cm³/mol. The maximum atomic E-state index is 7.38. The predicted octanol–water partition coefficient (Wildman–Crippen LogP) is 3.82. The number of hydrogen-bond donors (Lipinski definition) is 2. The average Bonchev–Trinajstić information content (AvgIpc) is 2.34. The van der Waals surface area contributed by atoms with Crippen LogP contribution in [0.4, 0.5) is 0 Å². The molecule has 0 atom stereocenters. The van der Waals surface area contributed by atoms with Gasteiger partial charge < -0.3 is 5.73 Å². The quantitative estimate of drug-likeness (QED) is 0.668. The van der Waals surface area contributed by atoms with E-state index in [1.807, 2.05) is 0 Å². The summed E-state index contributed by atoms with van der Waals surface area (Å²) in [7, 11) is 0. The molecule has 92 valence electrons. The summed E-state index contributed by atoms with van der Waals surface area (Å²) in [5.41, 5.74) is 6.06. The molecule has 0 bridgehead atoms. The van der Waals surface area contributed by atoms with Gasteiger partial charge in [0.2, 0.25) is 0 Å². The molecule has 0 unspecified atom stereocenters. The fourth-order valence-electron chi connectivity index (χ4n) is 1.30. The van der Waals surface area contributed by atoms with Gasteiger partial charge in [-0.3, -0.25) is 5.41 Å². The van der Waals surface area contributed by atoms with Crippen LogP contribution in [-0.2, 0) is 0 Å². The Balaban J connectivity index is 2.31. The van der Waals surface area contributed by atoms with Crippen molar-refractivity contribution in [3.63, 3.8) is 0 Å². The van der Waals surface area contributed by atoms with Gasteiger partial charge in [-0.15, -0.1) is 0 Å². The van der Waals surface area contributed by atoms with E-state index in [2.05, 4.69) is 4.98 Å². The van der Waals surface area contributed by atoms with E-state index in [-0.39, 0.29) is 5.84 Å². The number of nitrogen functional groups attached to an aromatic ring is 1. The maximum Gasteiger partial charge on any atom is 0.122 e. The zero-order valence-electron chi connectivity index (χ0n) is 9.15. The number of nitrogens with two attached hydrogens (primary N) is 1. The van der Waals surface area contributed by atoms with Crippen LogP contribution in [0.25, 0.3) is 0 Å². The van der Waals surface area contributed by atoms with Gasteiger partial charge in [-0.2, -0.15) is 0 Å². The first kappa shape index (κ1) is 13.2. The Morgan fingerprint density at radius 3 is 2.72 bits per heavy atom. The van der Waals surface area contributed by atoms with Crippen LogP contribution in [-0.4, -0.2) is 10.8 Å². The largest absolute Gasteiger partial charge is 0.384 e. The number of nitrogens with zero attached hydrogens (tertiary/aromatic N) is 1. The van der Waals surface area contributed by atoms with Crippen molar-refractivity contribution in [1.29, 1.82) is 5.41 Å². The highest BCUT2D eigenvalue weighted by atomic mass is 35.5. The third kappa shape index (κ3) is 3.16. The van der Waals surface area contributed by atoms with Gasteiger partial charge in [0.15, 0.2) is 0 Å². The van der Waals surface area contributed by atoms with Crippen molar-refractivity contribution in [2.75, 3.05) is 0 Å². The van der Waals surface area contributed by atoms with Crippen LogP contribution in [0.1, 0.15) is 5.56 Å². The van der Waals surface area contributed by atoms with Crippen molar-refractivity contribution in [3.8, 4) is 0 Å². The highest BCUT2D eigenvalue weighted by Gasteiger charge is 2.06. The molecule has 6 heteroatoms. The summed E-state index contributed by atoms with van der Waals surface area (Å²) in [6.07, 6.45) is 1.61. The van der Waals surface area contributed by atoms with Crippen molar-refractivity contribution >= 4 is 40.8 Å². The summed E-state index contributed by atoms with van der Waals surface area (Å²) in [5, 5.41) is 9.32. The molecule has 0 saturated carbocycles. The molecule has 1 aromatic carbocycles. The molecule has 0 spiro atoms. The zero-order valence-corrected chi connectivity index (χ0v) is 11.5. The van der Waals surface area contributed by atoms with Gasteiger partial charge >= 0.3 is 0 Å². The zero-order chi connectivity index (χ0) is 13.1. The standard InChI is InChI=1S/C12H9Cl2N3S/c13-8-1-2-9(14)10(6-8)18-11-5-7(12(15)16)3-4-17-11/h1-6H,(H3,15,16). The summed E-state index contributed by atoms with van der Waals surface area (Å²) in [5.74, 6) is 0.0106. The lowest BCUT2D eigenvalue weighted by Gasteiger charge is -2.05. The first-order valence-electron chi connectivity index (χ1n) is 4.99. The number of amidine groups is 1. The topological polar surface area (TPSA) is 62.8 Å². The fraction of sp³-hybridized carbons (Fsp3) is 0. The minimum absolute atomic E-state index is 0.0106. The Morgan fingerprint density at radius 2 is 2.00 bits per heavy atom. The number of hydrogen-bond acceptors (Lipinski definition) is 3. The average molecular weight is 298 g/mol. The van der Waals surface area contributed by atoms with E-state index >= 15 is 0 Å². The normalized spacial score (nSPS) is 10.3. The number of aromatic nitrogens is 1. The SMILES string of the molecule is N=C(N)c1ccnc(Sc2cc(Cl)ccc2Cl)c1. The van der Waals surface area contributed by atoms with Gasteiger partial charge in [0.25, 0.3) is 0 Å². The lowest BCUT2D eigenvalue weighted by Crippen LogP contribution is -2.10. The highest BCUT2D eigenvalue weighted by Crippen LogP contribution is 2.34. The summed E-state index contributed by atoms with van der Waals surface area (Å²) >= 11 is 13.4. The van der Waals surface area contributed by atoms with Crippen LogP contribution in [0.3, 0.4) is 0 Å². The molecule has 0 amide bonds. The van der Waals surface area contributed by atoms with Crippen molar-refractivity contribution in [3.05, 3.63) is 52.1 Å². The Labute approximate surface area is 119 Å². The van der Waals surface area contributed by atoms with Crippen LogP contribution < -0.4 is 5.73 Å². The Kier molecular flexibility index (Phi) is 4.11. The van der Waals surface area contributed by atoms with Crippen molar-refractivity contribution in [1.82, 2.24) is 4.98 Å². The summed E-state index contributed by atoms with van der Waals surface area (Å²) in [6, 6.07) is 8.67. The first-order valence-corrected chi connectivity index (χ1v) is 6.57.